The molecule has 1 saturated heterocycles. The Bertz CT molecular complexity index is 1040. The van der Waals surface area contributed by atoms with Crippen LogP contribution in [0.4, 0.5) is 0 Å². The molecule has 0 saturated carbocycles. The Morgan fingerprint density at radius 1 is 0.931 bits per heavy atom. The number of ether oxygens (including phenoxy) is 2. The van der Waals surface area contributed by atoms with E-state index in [1.165, 1.54) is 10.5 Å². The lowest BCUT2D eigenvalue weighted by Gasteiger charge is -2.29. The maximum absolute atomic E-state index is 5.75. The molecule has 2 aromatic carbocycles. The van der Waals surface area contributed by atoms with Crippen molar-refractivity contribution in [3.63, 3.8) is 0 Å². The molecule has 0 unspecified atom stereocenters. The zero-order valence-electron chi connectivity index (χ0n) is 16.1. The van der Waals surface area contributed by atoms with Crippen molar-refractivity contribution in [2.75, 3.05) is 33.0 Å². The molecule has 7 nitrogen and oxygen atoms in total. The molecule has 0 amide bonds. The van der Waals surface area contributed by atoms with Gasteiger partial charge in [0.25, 0.3) is 4.84 Å². The maximum Gasteiger partial charge on any atom is 0.292 e. The molecular weight excluding hydrogens is 388 g/mol. The number of fused-ring (bicyclic) bond motifs is 1. The minimum absolute atomic E-state index is 0.248. The predicted molar refractivity (Wildman–Crippen MR) is 108 cm³/mol. The van der Waals surface area contributed by atoms with Crippen molar-refractivity contribution in [3.8, 4) is 23.0 Å². The van der Waals surface area contributed by atoms with Crippen LogP contribution < -0.4 is 19.3 Å². The van der Waals surface area contributed by atoms with Crippen LogP contribution in [0, 0.1) is 4.84 Å². The van der Waals surface area contributed by atoms with Gasteiger partial charge in [-0.2, -0.15) is 4.68 Å². The SMILES string of the molecule is S=c1oc(-c2ccc3c(c2)OCO3)nn1C[NH+]1CC[NH+](Cc2ccccc2)CC1. The van der Waals surface area contributed by atoms with Crippen molar-refractivity contribution >= 4 is 12.2 Å². The summed E-state index contributed by atoms with van der Waals surface area (Å²) in [7, 11) is 0. The van der Waals surface area contributed by atoms with Crippen LogP contribution in [0.1, 0.15) is 5.56 Å². The van der Waals surface area contributed by atoms with Crippen LogP contribution in [-0.4, -0.2) is 42.8 Å². The van der Waals surface area contributed by atoms with Crippen molar-refractivity contribution in [1.29, 1.82) is 0 Å². The number of aromatic nitrogens is 2. The molecule has 0 aliphatic carbocycles. The Balaban J connectivity index is 1.21. The van der Waals surface area contributed by atoms with Gasteiger partial charge in [-0.1, -0.05) is 30.3 Å². The number of nitrogens with one attached hydrogen (secondary N) is 2. The number of quaternary nitrogens is 2. The second-order valence-electron chi connectivity index (χ2n) is 7.56. The number of rotatable bonds is 5. The third kappa shape index (κ3) is 4.05. The van der Waals surface area contributed by atoms with Crippen molar-refractivity contribution < 1.29 is 23.7 Å². The van der Waals surface area contributed by atoms with E-state index in [-0.39, 0.29) is 6.79 Å². The van der Waals surface area contributed by atoms with E-state index in [0.29, 0.717) is 16.5 Å². The van der Waals surface area contributed by atoms with E-state index in [0.717, 1.165) is 50.7 Å². The third-order valence-corrected chi connectivity index (χ3v) is 5.85. The fourth-order valence-electron chi connectivity index (χ4n) is 3.94. The van der Waals surface area contributed by atoms with Crippen LogP contribution in [0.5, 0.6) is 11.5 Å². The molecule has 29 heavy (non-hydrogen) atoms. The van der Waals surface area contributed by atoms with Gasteiger partial charge >= 0.3 is 0 Å². The maximum atomic E-state index is 5.75. The number of hydrogen-bond donors (Lipinski definition) is 2. The fraction of sp³-hybridized carbons (Fsp3) is 0.333. The summed E-state index contributed by atoms with van der Waals surface area (Å²) in [5, 5.41) is 4.61. The van der Waals surface area contributed by atoms with Crippen molar-refractivity contribution in [3.05, 3.63) is 58.9 Å². The van der Waals surface area contributed by atoms with Gasteiger partial charge in [-0.05, 0) is 30.4 Å². The molecule has 0 spiro atoms. The largest absolute Gasteiger partial charge is 0.454 e. The lowest BCUT2D eigenvalue weighted by atomic mass is 10.2. The summed E-state index contributed by atoms with van der Waals surface area (Å²) in [4.78, 5) is 3.51. The standard InChI is InChI=1S/C21H22N4O3S/c29-21-25(22-20(28-21)17-6-7-18-19(12-17)27-15-26-18)14-24-10-8-23(9-11-24)13-16-4-2-1-3-5-16/h1-7,12H,8-11,13-15H2/p+2. The molecule has 2 aliphatic rings. The summed E-state index contributed by atoms with van der Waals surface area (Å²) in [6.07, 6.45) is 0. The molecule has 150 valence electrons. The van der Waals surface area contributed by atoms with E-state index in [1.807, 2.05) is 18.2 Å². The van der Waals surface area contributed by atoms with E-state index in [2.05, 4.69) is 35.4 Å². The van der Waals surface area contributed by atoms with Crippen LogP contribution in [0.3, 0.4) is 0 Å². The smallest absolute Gasteiger partial charge is 0.292 e. The zero-order chi connectivity index (χ0) is 19.6. The first-order chi connectivity index (χ1) is 14.2. The summed E-state index contributed by atoms with van der Waals surface area (Å²) < 4.78 is 18.4. The Hall–Kier alpha value is -2.68. The van der Waals surface area contributed by atoms with Crippen LogP contribution in [-0.2, 0) is 13.2 Å². The Morgan fingerprint density at radius 2 is 1.69 bits per heavy atom. The third-order valence-electron chi connectivity index (χ3n) is 5.56. The first-order valence-electron chi connectivity index (χ1n) is 9.94. The van der Waals surface area contributed by atoms with Crippen LogP contribution in [0.2, 0.25) is 0 Å². The average Bonchev–Trinajstić information content (AvgIpc) is 3.36. The highest BCUT2D eigenvalue weighted by atomic mass is 32.1. The van der Waals surface area contributed by atoms with Gasteiger partial charge in [-0.25, -0.2) is 0 Å². The highest BCUT2D eigenvalue weighted by Crippen LogP contribution is 2.35. The molecule has 2 aliphatic heterocycles. The monoisotopic (exact) mass is 412 g/mol. The molecule has 0 atom stereocenters. The summed E-state index contributed by atoms with van der Waals surface area (Å²) >= 11 is 5.41. The quantitative estimate of drug-likeness (QED) is 0.600. The van der Waals surface area contributed by atoms with E-state index in [4.69, 9.17) is 26.1 Å². The zero-order valence-corrected chi connectivity index (χ0v) is 16.9. The summed E-state index contributed by atoms with van der Waals surface area (Å²) in [5.41, 5.74) is 2.24. The topological polar surface area (TPSA) is 58.3 Å². The fourth-order valence-corrected chi connectivity index (χ4v) is 4.13. The minimum Gasteiger partial charge on any atom is -0.454 e. The highest BCUT2D eigenvalue weighted by Gasteiger charge is 2.24. The van der Waals surface area contributed by atoms with Crippen LogP contribution in [0.15, 0.2) is 52.9 Å². The number of benzene rings is 2. The molecular formula is C21H24N4O3S+2. The highest BCUT2D eigenvalue weighted by molar-refractivity contribution is 7.71. The normalized spacial score (nSPS) is 20.7. The number of nitrogens with zero attached hydrogens (tertiary/aromatic N) is 2. The van der Waals surface area contributed by atoms with E-state index >= 15 is 0 Å². The van der Waals surface area contributed by atoms with Crippen LogP contribution in [0.25, 0.3) is 11.5 Å². The molecule has 2 N–H and O–H groups in total. The van der Waals surface area contributed by atoms with Crippen LogP contribution >= 0.6 is 12.2 Å². The Kier molecular flexibility index (Phi) is 5.05. The summed E-state index contributed by atoms with van der Waals surface area (Å²) in [5.74, 6) is 1.97. The predicted octanol–water partition coefficient (Wildman–Crippen LogP) is 0.542. The van der Waals surface area contributed by atoms with E-state index in [9.17, 15) is 0 Å². The molecule has 3 aromatic rings. The van der Waals surface area contributed by atoms with Gasteiger partial charge in [0.2, 0.25) is 12.7 Å². The number of hydrogen-bond acceptors (Lipinski definition) is 5. The van der Waals surface area contributed by atoms with Gasteiger partial charge in [-0.3, -0.25) is 0 Å². The lowest BCUT2D eigenvalue weighted by Crippen LogP contribution is -3.27. The van der Waals surface area contributed by atoms with E-state index < -0.39 is 0 Å². The number of piperazine rings is 1. The van der Waals surface area contributed by atoms with Gasteiger partial charge in [0.05, 0.1) is 0 Å². The first-order valence-corrected chi connectivity index (χ1v) is 10.3. The van der Waals surface area contributed by atoms with Crippen molar-refractivity contribution in [2.45, 2.75) is 13.2 Å². The molecule has 1 fully saturated rings. The minimum atomic E-state index is 0.248. The van der Waals surface area contributed by atoms with Gasteiger partial charge < -0.3 is 23.7 Å². The summed E-state index contributed by atoms with van der Waals surface area (Å²) in [6, 6.07) is 16.4. The van der Waals surface area contributed by atoms with Gasteiger partial charge in [0.1, 0.15) is 32.7 Å². The Labute approximate surface area is 174 Å². The van der Waals surface area contributed by atoms with Crippen molar-refractivity contribution in [2.24, 2.45) is 0 Å². The molecule has 0 radical (unpaired) electrons. The van der Waals surface area contributed by atoms with Gasteiger partial charge in [0.15, 0.2) is 18.2 Å². The summed E-state index contributed by atoms with van der Waals surface area (Å²) in [6.45, 7) is 6.54. The molecule has 8 heteroatoms. The molecule has 0 bridgehead atoms. The molecule has 5 rings (SSSR count). The first kappa shape index (κ1) is 18.4. The van der Waals surface area contributed by atoms with E-state index in [1.54, 1.807) is 9.58 Å². The second kappa shape index (κ2) is 7.98. The van der Waals surface area contributed by atoms with Gasteiger partial charge in [0, 0.05) is 11.1 Å². The van der Waals surface area contributed by atoms with Gasteiger partial charge in [-0.15, -0.1) is 5.10 Å². The molecule has 1 aromatic heterocycles. The van der Waals surface area contributed by atoms with Crippen molar-refractivity contribution in [1.82, 2.24) is 9.78 Å². The average molecular weight is 413 g/mol. The molecule has 3 heterocycles. The second-order valence-corrected chi connectivity index (χ2v) is 7.91. The lowest BCUT2D eigenvalue weighted by molar-refractivity contribution is -1.03. The Morgan fingerprint density at radius 3 is 2.52 bits per heavy atom.